The van der Waals surface area contributed by atoms with Crippen LogP contribution in [0, 0.1) is 34.9 Å². The standard InChI is InChI=1S/C15H8F6O2/c16-9-1-6(2-10(17)13(9)20)8(5-22)15(23)7-3-11(18)14(21)12(19)4-7/h1-5,8,15,23H. The van der Waals surface area contributed by atoms with E-state index in [0.717, 1.165) is 0 Å². The van der Waals surface area contributed by atoms with Gasteiger partial charge in [-0.2, -0.15) is 0 Å². The summed E-state index contributed by atoms with van der Waals surface area (Å²) in [4.78, 5) is 11.1. The van der Waals surface area contributed by atoms with Gasteiger partial charge in [-0.05, 0) is 35.4 Å². The van der Waals surface area contributed by atoms with Crippen LogP contribution in [0.4, 0.5) is 26.3 Å². The average molecular weight is 334 g/mol. The Bertz CT molecular complexity index is 716. The van der Waals surface area contributed by atoms with Crippen LogP contribution in [0.1, 0.15) is 23.1 Å². The van der Waals surface area contributed by atoms with E-state index in [2.05, 4.69) is 0 Å². The Kier molecular flexibility index (Phi) is 4.74. The third-order valence-electron chi connectivity index (χ3n) is 3.23. The third-order valence-corrected chi connectivity index (χ3v) is 3.23. The normalized spacial score (nSPS) is 13.7. The first kappa shape index (κ1) is 17.0. The van der Waals surface area contributed by atoms with Gasteiger partial charge in [-0.25, -0.2) is 26.3 Å². The Balaban J connectivity index is 2.47. The summed E-state index contributed by atoms with van der Waals surface area (Å²) in [5, 5.41) is 10.00. The van der Waals surface area contributed by atoms with E-state index in [9.17, 15) is 36.2 Å². The van der Waals surface area contributed by atoms with Crippen molar-refractivity contribution in [3.05, 3.63) is 70.3 Å². The number of aliphatic hydroxyl groups excluding tert-OH is 1. The molecule has 2 atom stereocenters. The molecular formula is C15H8F6O2. The van der Waals surface area contributed by atoms with Crippen LogP contribution in [0.15, 0.2) is 24.3 Å². The van der Waals surface area contributed by atoms with Gasteiger partial charge in [0.25, 0.3) is 0 Å². The van der Waals surface area contributed by atoms with Crippen LogP contribution in [-0.4, -0.2) is 11.4 Å². The van der Waals surface area contributed by atoms with Gasteiger partial charge in [-0.3, -0.25) is 0 Å². The molecule has 0 heterocycles. The summed E-state index contributed by atoms with van der Waals surface area (Å²) < 4.78 is 78.5. The monoisotopic (exact) mass is 334 g/mol. The minimum atomic E-state index is -1.93. The fourth-order valence-electron chi connectivity index (χ4n) is 2.06. The molecule has 23 heavy (non-hydrogen) atoms. The first-order chi connectivity index (χ1) is 10.8. The number of halogens is 6. The highest BCUT2D eigenvalue weighted by Crippen LogP contribution is 2.32. The number of benzene rings is 2. The zero-order valence-corrected chi connectivity index (χ0v) is 11.2. The molecule has 0 spiro atoms. The molecule has 0 aliphatic heterocycles. The van der Waals surface area contributed by atoms with Gasteiger partial charge in [0.2, 0.25) is 0 Å². The van der Waals surface area contributed by atoms with Gasteiger partial charge in [0.05, 0.1) is 12.0 Å². The molecular weight excluding hydrogens is 326 g/mol. The molecule has 0 aromatic heterocycles. The van der Waals surface area contributed by atoms with Gasteiger partial charge >= 0.3 is 0 Å². The predicted octanol–water partition coefficient (Wildman–Crippen LogP) is 3.54. The molecule has 0 aliphatic carbocycles. The number of rotatable bonds is 4. The molecule has 122 valence electrons. The SMILES string of the molecule is O=CC(c1cc(F)c(F)c(F)c1)C(O)c1cc(F)c(F)c(F)c1. The summed E-state index contributed by atoms with van der Waals surface area (Å²) >= 11 is 0. The summed E-state index contributed by atoms with van der Waals surface area (Å²) in [5.41, 5.74) is -0.974. The molecule has 0 aliphatic rings. The van der Waals surface area contributed by atoms with E-state index in [1.807, 2.05) is 0 Å². The van der Waals surface area contributed by atoms with Gasteiger partial charge in [-0.1, -0.05) is 0 Å². The van der Waals surface area contributed by atoms with Crippen LogP contribution in [0.3, 0.4) is 0 Å². The lowest BCUT2D eigenvalue weighted by Crippen LogP contribution is -2.14. The fourth-order valence-corrected chi connectivity index (χ4v) is 2.06. The molecule has 2 aromatic carbocycles. The van der Waals surface area contributed by atoms with Gasteiger partial charge in [0.1, 0.15) is 6.29 Å². The van der Waals surface area contributed by atoms with E-state index in [-0.39, 0.29) is 6.29 Å². The lowest BCUT2D eigenvalue weighted by Gasteiger charge is -2.19. The van der Waals surface area contributed by atoms with Crippen molar-refractivity contribution in [3.63, 3.8) is 0 Å². The highest BCUT2D eigenvalue weighted by molar-refractivity contribution is 5.64. The molecule has 0 amide bonds. The summed E-state index contributed by atoms with van der Waals surface area (Å²) in [7, 11) is 0. The quantitative estimate of drug-likeness (QED) is 0.528. The van der Waals surface area contributed by atoms with Crippen molar-refractivity contribution < 1.29 is 36.2 Å². The fraction of sp³-hybridized carbons (Fsp3) is 0.133. The third kappa shape index (κ3) is 3.21. The second-order valence-corrected chi connectivity index (χ2v) is 4.70. The van der Waals surface area contributed by atoms with E-state index in [1.54, 1.807) is 0 Å². The number of carbonyl (C=O) groups excluding carboxylic acids is 1. The van der Waals surface area contributed by atoms with E-state index >= 15 is 0 Å². The van der Waals surface area contributed by atoms with E-state index < -0.39 is 58.1 Å². The Morgan fingerprint density at radius 3 is 1.43 bits per heavy atom. The van der Waals surface area contributed by atoms with Crippen molar-refractivity contribution in [2.45, 2.75) is 12.0 Å². The van der Waals surface area contributed by atoms with Crippen LogP contribution in [-0.2, 0) is 4.79 Å². The van der Waals surface area contributed by atoms with Crippen molar-refractivity contribution in [2.75, 3.05) is 0 Å². The van der Waals surface area contributed by atoms with Crippen LogP contribution in [0.2, 0.25) is 0 Å². The number of aliphatic hydroxyl groups is 1. The van der Waals surface area contributed by atoms with Gasteiger partial charge in [0.15, 0.2) is 34.9 Å². The molecule has 0 fully saturated rings. The highest BCUT2D eigenvalue weighted by atomic mass is 19.2. The number of aldehydes is 1. The smallest absolute Gasteiger partial charge is 0.194 e. The largest absolute Gasteiger partial charge is 0.387 e. The molecule has 8 heteroatoms. The van der Waals surface area contributed by atoms with E-state index in [1.165, 1.54) is 0 Å². The summed E-state index contributed by atoms with van der Waals surface area (Å²) in [5.74, 6) is -11.6. The van der Waals surface area contributed by atoms with Crippen LogP contribution < -0.4 is 0 Å². The Labute approximate surface area is 126 Å². The van der Waals surface area contributed by atoms with Gasteiger partial charge < -0.3 is 9.90 Å². The first-order valence-corrected chi connectivity index (χ1v) is 6.18. The van der Waals surface area contributed by atoms with Gasteiger partial charge in [0, 0.05) is 0 Å². The highest BCUT2D eigenvalue weighted by Gasteiger charge is 2.27. The molecule has 2 nitrogen and oxygen atoms in total. The zero-order valence-electron chi connectivity index (χ0n) is 11.2. The van der Waals surface area contributed by atoms with E-state index in [4.69, 9.17) is 0 Å². The second-order valence-electron chi connectivity index (χ2n) is 4.70. The zero-order chi connectivity index (χ0) is 17.3. The van der Waals surface area contributed by atoms with Crippen LogP contribution in [0.25, 0.3) is 0 Å². The minimum Gasteiger partial charge on any atom is -0.387 e. The Hall–Kier alpha value is -2.35. The maximum atomic E-state index is 13.2. The van der Waals surface area contributed by atoms with E-state index in [0.29, 0.717) is 24.3 Å². The van der Waals surface area contributed by atoms with Crippen molar-refractivity contribution in [1.82, 2.24) is 0 Å². The number of carbonyl (C=O) groups is 1. The van der Waals surface area contributed by atoms with Crippen molar-refractivity contribution in [3.8, 4) is 0 Å². The Morgan fingerprint density at radius 2 is 1.09 bits per heavy atom. The molecule has 0 saturated carbocycles. The lowest BCUT2D eigenvalue weighted by atomic mass is 9.90. The molecule has 2 unspecified atom stereocenters. The molecule has 2 rings (SSSR count). The minimum absolute atomic E-state index is 0.0654. The summed E-state index contributed by atoms with van der Waals surface area (Å²) in [6.45, 7) is 0. The van der Waals surface area contributed by atoms with Gasteiger partial charge in [-0.15, -0.1) is 0 Å². The molecule has 1 N–H and O–H groups in total. The second kappa shape index (κ2) is 6.41. The van der Waals surface area contributed by atoms with Crippen molar-refractivity contribution in [2.24, 2.45) is 0 Å². The van der Waals surface area contributed by atoms with Crippen molar-refractivity contribution in [1.29, 1.82) is 0 Å². The maximum Gasteiger partial charge on any atom is 0.194 e. The molecule has 2 aromatic rings. The van der Waals surface area contributed by atoms with Crippen LogP contribution in [0.5, 0.6) is 0 Å². The molecule has 0 saturated heterocycles. The molecule has 0 radical (unpaired) electrons. The number of hydrogen-bond acceptors (Lipinski definition) is 2. The average Bonchev–Trinajstić information content (AvgIpc) is 2.50. The summed E-state index contributed by atoms with van der Waals surface area (Å²) in [6.07, 6.45) is -1.86. The van der Waals surface area contributed by atoms with Crippen molar-refractivity contribution >= 4 is 6.29 Å². The topological polar surface area (TPSA) is 37.3 Å². The van der Waals surface area contributed by atoms with Crippen LogP contribution >= 0.6 is 0 Å². The number of hydrogen-bond donors (Lipinski definition) is 1. The summed E-state index contributed by atoms with van der Waals surface area (Å²) in [6, 6.07) is 1.82. The maximum absolute atomic E-state index is 13.2. The Morgan fingerprint density at radius 1 is 0.739 bits per heavy atom. The lowest BCUT2D eigenvalue weighted by molar-refractivity contribution is -0.111. The predicted molar refractivity (Wildman–Crippen MR) is 66.4 cm³/mol. The molecule has 0 bridgehead atoms. The first-order valence-electron chi connectivity index (χ1n) is 6.18.